The lowest BCUT2D eigenvalue weighted by molar-refractivity contribution is 0.592. The summed E-state index contributed by atoms with van der Waals surface area (Å²) in [5.74, 6) is -0.435. The monoisotopic (exact) mass is 246 g/mol. The van der Waals surface area contributed by atoms with Crippen molar-refractivity contribution in [3.05, 3.63) is 29.6 Å². The zero-order chi connectivity index (χ0) is 12.3. The topological polar surface area (TPSA) is 72.2 Å². The molecular formula is C10H15FN2O2S. The summed E-state index contributed by atoms with van der Waals surface area (Å²) in [5.41, 5.74) is 5.94. The molecule has 0 aromatic heterocycles. The molecule has 0 amide bonds. The third kappa shape index (κ3) is 2.93. The van der Waals surface area contributed by atoms with E-state index in [9.17, 15) is 12.8 Å². The minimum Gasteiger partial charge on any atom is -0.326 e. The second kappa shape index (κ2) is 4.80. The highest BCUT2D eigenvalue weighted by Gasteiger charge is 2.15. The fraction of sp³-hybridized carbons (Fsp3) is 0.400. The molecular weight excluding hydrogens is 231 g/mol. The highest BCUT2D eigenvalue weighted by atomic mass is 32.2. The molecule has 1 aromatic rings. The van der Waals surface area contributed by atoms with Gasteiger partial charge in [0.2, 0.25) is 10.0 Å². The summed E-state index contributed by atoms with van der Waals surface area (Å²) in [6, 6.07) is 3.96. The molecule has 0 spiro atoms. The first-order valence-electron chi connectivity index (χ1n) is 4.87. The number of sulfonamides is 1. The normalized spacial score (nSPS) is 11.8. The predicted molar refractivity (Wildman–Crippen MR) is 62.0 cm³/mol. The van der Waals surface area contributed by atoms with Gasteiger partial charge >= 0.3 is 0 Å². The van der Waals surface area contributed by atoms with Gasteiger partial charge in [0.1, 0.15) is 5.82 Å². The SMILES string of the molecule is CC(C)S(=O)(=O)Nc1ccc(F)c(CN)c1. The lowest BCUT2D eigenvalue weighted by Crippen LogP contribution is -2.22. The second-order valence-corrected chi connectivity index (χ2v) is 5.94. The molecule has 4 nitrogen and oxygen atoms in total. The summed E-state index contributed by atoms with van der Waals surface area (Å²) in [7, 11) is -3.40. The molecule has 1 aromatic carbocycles. The molecule has 0 unspecified atom stereocenters. The molecule has 1 rings (SSSR count). The first-order chi connectivity index (χ1) is 7.36. The molecule has 0 saturated heterocycles. The fourth-order valence-corrected chi connectivity index (χ4v) is 1.77. The highest BCUT2D eigenvalue weighted by Crippen LogP contribution is 2.16. The van der Waals surface area contributed by atoms with Gasteiger partial charge in [0.05, 0.1) is 5.25 Å². The Morgan fingerprint density at radius 3 is 2.56 bits per heavy atom. The summed E-state index contributed by atoms with van der Waals surface area (Å²) < 4.78 is 38.6. The number of nitrogens with one attached hydrogen (secondary N) is 1. The van der Waals surface area contributed by atoms with Crippen LogP contribution in [0.25, 0.3) is 0 Å². The molecule has 3 N–H and O–H groups in total. The summed E-state index contributed by atoms with van der Waals surface area (Å²) in [5, 5.41) is -0.543. The van der Waals surface area contributed by atoms with Crippen LogP contribution in [0.1, 0.15) is 19.4 Å². The summed E-state index contributed by atoms with van der Waals surface area (Å²) in [6.07, 6.45) is 0. The minimum atomic E-state index is -3.40. The first-order valence-corrected chi connectivity index (χ1v) is 6.41. The van der Waals surface area contributed by atoms with Crippen molar-refractivity contribution in [2.75, 3.05) is 4.72 Å². The van der Waals surface area contributed by atoms with E-state index < -0.39 is 21.1 Å². The van der Waals surface area contributed by atoms with Gasteiger partial charge in [0, 0.05) is 17.8 Å². The van der Waals surface area contributed by atoms with Crippen molar-refractivity contribution in [3.63, 3.8) is 0 Å². The molecule has 90 valence electrons. The van der Waals surface area contributed by atoms with E-state index in [2.05, 4.69) is 4.72 Å². The van der Waals surface area contributed by atoms with Crippen LogP contribution in [0.5, 0.6) is 0 Å². The number of rotatable bonds is 4. The Morgan fingerprint density at radius 2 is 2.06 bits per heavy atom. The number of hydrogen-bond donors (Lipinski definition) is 2. The van der Waals surface area contributed by atoms with Crippen molar-refractivity contribution >= 4 is 15.7 Å². The zero-order valence-electron chi connectivity index (χ0n) is 9.20. The molecule has 0 atom stereocenters. The lowest BCUT2D eigenvalue weighted by atomic mass is 10.2. The van der Waals surface area contributed by atoms with Gasteiger partial charge in [0.25, 0.3) is 0 Å². The van der Waals surface area contributed by atoms with Gasteiger partial charge in [-0.05, 0) is 32.0 Å². The van der Waals surface area contributed by atoms with Crippen molar-refractivity contribution in [3.8, 4) is 0 Å². The van der Waals surface area contributed by atoms with Gasteiger partial charge < -0.3 is 5.73 Å². The van der Waals surface area contributed by atoms with Crippen LogP contribution in [0.3, 0.4) is 0 Å². The number of hydrogen-bond acceptors (Lipinski definition) is 3. The van der Waals surface area contributed by atoms with E-state index in [1.54, 1.807) is 13.8 Å². The van der Waals surface area contributed by atoms with Crippen molar-refractivity contribution in [1.82, 2.24) is 0 Å². The fourth-order valence-electron chi connectivity index (χ4n) is 1.08. The van der Waals surface area contributed by atoms with Gasteiger partial charge in [-0.25, -0.2) is 12.8 Å². The largest absolute Gasteiger partial charge is 0.326 e. The highest BCUT2D eigenvalue weighted by molar-refractivity contribution is 7.93. The Labute approximate surface area is 94.7 Å². The minimum absolute atomic E-state index is 0.0308. The maximum Gasteiger partial charge on any atom is 0.235 e. The van der Waals surface area contributed by atoms with Crippen molar-refractivity contribution in [1.29, 1.82) is 0 Å². The number of anilines is 1. The number of halogens is 1. The average Bonchev–Trinajstić information content (AvgIpc) is 2.20. The standard InChI is InChI=1S/C10H15FN2O2S/c1-7(2)16(14,15)13-9-3-4-10(11)8(5-9)6-12/h3-5,7,13H,6,12H2,1-2H3. The third-order valence-corrected chi connectivity index (χ3v) is 3.91. The molecule has 0 radical (unpaired) electrons. The van der Waals surface area contributed by atoms with E-state index in [1.165, 1.54) is 18.2 Å². The molecule has 0 heterocycles. The van der Waals surface area contributed by atoms with Crippen molar-refractivity contribution < 1.29 is 12.8 Å². The lowest BCUT2D eigenvalue weighted by Gasteiger charge is -2.11. The maximum absolute atomic E-state index is 13.1. The Balaban J connectivity index is 2.99. The number of benzene rings is 1. The Morgan fingerprint density at radius 1 is 1.44 bits per heavy atom. The van der Waals surface area contributed by atoms with Gasteiger partial charge in [-0.15, -0.1) is 0 Å². The van der Waals surface area contributed by atoms with E-state index >= 15 is 0 Å². The van der Waals surface area contributed by atoms with Gasteiger partial charge in [0.15, 0.2) is 0 Å². The molecule has 0 fully saturated rings. The summed E-state index contributed by atoms with van der Waals surface area (Å²) >= 11 is 0. The smallest absolute Gasteiger partial charge is 0.235 e. The van der Waals surface area contributed by atoms with Crippen LogP contribution in [-0.4, -0.2) is 13.7 Å². The van der Waals surface area contributed by atoms with Crippen molar-refractivity contribution in [2.45, 2.75) is 25.6 Å². The van der Waals surface area contributed by atoms with Gasteiger partial charge in [-0.2, -0.15) is 0 Å². The van der Waals surface area contributed by atoms with E-state index in [4.69, 9.17) is 5.73 Å². The summed E-state index contributed by atoms with van der Waals surface area (Å²) in [6.45, 7) is 3.16. The molecule has 0 bridgehead atoms. The molecule has 0 aliphatic carbocycles. The van der Waals surface area contributed by atoms with Crippen LogP contribution in [0.4, 0.5) is 10.1 Å². The Kier molecular flexibility index (Phi) is 3.88. The molecule has 16 heavy (non-hydrogen) atoms. The van der Waals surface area contributed by atoms with Crippen LogP contribution in [0.2, 0.25) is 0 Å². The molecule has 0 saturated carbocycles. The van der Waals surface area contributed by atoms with E-state index in [0.717, 1.165) is 0 Å². The van der Waals surface area contributed by atoms with Crippen LogP contribution < -0.4 is 10.5 Å². The Bertz CT molecular complexity index is 472. The number of nitrogens with two attached hydrogens (primary N) is 1. The van der Waals surface area contributed by atoms with Gasteiger partial charge in [-0.1, -0.05) is 0 Å². The average molecular weight is 246 g/mol. The van der Waals surface area contributed by atoms with Crippen molar-refractivity contribution in [2.24, 2.45) is 5.73 Å². The van der Waals surface area contributed by atoms with Crippen LogP contribution in [0, 0.1) is 5.82 Å². The van der Waals surface area contributed by atoms with E-state index in [-0.39, 0.29) is 12.1 Å². The molecule has 0 aliphatic heterocycles. The first kappa shape index (κ1) is 12.9. The van der Waals surface area contributed by atoms with Crippen LogP contribution in [-0.2, 0) is 16.6 Å². The molecule has 6 heteroatoms. The second-order valence-electron chi connectivity index (χ2n) is 3.71. The van der Waals surface area contributed by atoms with Gasteiger partial charge in [-0.3, -0.25) is 4.72 Å². The van der Waals surface area contributed by atoms with E-state index in [0.29, 0.717) is 5.69 Å². The summed E-state index contributed by atoms with van der Waals surface area (Å²) in [4.78, 5) is 0. The van der Waals surface area contributed by atoms with Crippen LogP contribution in [0.15, 0.2) is 18.2 Å². The Hall–Kier alpha value is -1.14. The van der Waals surface area contributed by atoms with Crippen LogP contribution >= 0.6 is 0 Å². The quantitative estimate of drug-likeness (QED) is 0.844. The molecule has 0 aliphatic rings. The van der Waals surface area contributed by atoms with E-state index in [1.807, 2.05) is 0 Å². The zero-order valence-corrected chi connectivity index (χ0v) is 10.0. The maximum atomic E-state index is 13.1. The third-order valence-electron chi connectivity index (χ3n) is 2.15. The predicted octanol–water partition coefficient (Wildman–Crippen LogP) is 1.43.